The number of hydrogen-bond acceptors (Lipinski definition) is 4. The Kier molecular flexibility index (Phi) is 4.66. The average molecular weight is 305 g/mol. The second kappa shape index (κ2) is 6.47. The molecule has 6 nitrogen and oxygen atoms in total. The summed E-state index contributed by atoms with van der Waals surface area (Å²) in [5.41, 5.74) is 1.01. The van der Waals surface area contributed by atoms with E-state index < -0.39 is 10.0 Å². The maximum absolute atomic E-state index is 12.0. The minimum atomic E-state index is -3.56. The van der Waals surface area contributed by atoms with Gasteiger partial charge < -0.3 is 5.32 Å². The van der Waals surface area contributed by atoms with Crippen molar-refractivity contribution in [2.45, 2.75) is 11.4 Å². The third-order valence-corrected chi connectivity index (χ3v) is 4.24. The van der Waals surface area contributed by atoms with Gasteiger partial charge in [-0.15, -0.1) is 0 Å². The summed E-state index contributed by atoms with van der Waals surface area (Å²) in [4.78, 5) is 16.2. The van der Waals surface area contributed by atoms with E-state index in [1.165, 1.54) is 25.2 Å². The molecule has 0 bridgehead atoms. The lowest BCUT2D eigenvalue weighted by Gasteiger charge is -2.07. The average Bonchev–Trinajstić information content (AvgIpc) is 2.53. The van der Waals surface area contributed by atoms with Crippen molar-refractivity contribution in [3.05, 3.63) is 59.9 Å². The zero-order chi connectivity index (χ0) is 15.3. The number of nitrogens with zero attached hydrogens (tertiary/aromatic N) is 1. The van der Waals surface area contributed by atoms with Crippen molar-refractivity contribution < 1.29 is 13.2 Å². The minimum Gasteiger partial charge on any atom is -0.346 e. The summed E-state index contributed by atoms with van der Waals surface area (Å²) in [7, 11) is -2.24. The van der Waals surface area contributed by atoms with E-state index in [4.69, 9.17) is 0 Å². The van der Waals surface area contributed by atoms with Gasteiger partial charge in [-0.3, -0.25) is 9.78 Å². The Hall–Kier alpha value is -2.25. The first kappa shape index (κ1) is 15.1. The number of amides is 1. The van der Waals surface area contributed by atoms with E-state index in [1.807, 2.05) is 6.07 Å². The fourth-order valence-electron chi connectivity index (χ4n) is 1.70. The van der Waals surface area contributed by atoms with Crippen LogP contribution in [0.25, 0.3) is 0 Å². The number of carbonyl (C=O) groups is 1. The van der Waals surface area contributed by atoms with E-state index in [1.54, 1.807) is 24.4 Å². The van der Waals surface area contributed by atoms with Crippen molar-refractivity contribution in [2.24, 2.45) is 0 Å². The van der Waals surface area contributed by atoms with Gasteiger partial charge in [-0.2, -0.15) is 0 Å². The second-order valence-corrected chi connectivity index (χ2v) is 6.13. The lowest BCUT2D eigenvalue weighted by atomic mass is 10.2. The van der Waals surface area contributed by atoms with E-state index >= 15 is 0 Å². The lowest BCUT2D eigenvalue weighted by Crippen LogP contribution is -2.24. The Morgan fingerprint density at radius 1 is 1.19 bits per heavy atom. The molecule has 1 amide bonds. The summed E-state index contributed by atoms with van der Waals surface area (Å²) >= 11 is 0. The molecule has 1 aromatic heterocycles. The van der Waals surface area contributed by atoms with Crippen molar-refractivity contribution in [3.8, 4) is 0 Å². The molecular formula is C14H15N3O3S. The van der Waals surface area contributed by atoms with E-state index in [0.717, 1.165) is 5.69 Å². The molecule has 110 valence electrons. The van der Waals surface area contributed by atoms with Crippen LogP contribution in [0.4, 0.5) is 0 Å². The number of aromatic nitrogens is 1. The molecule has 2 N–H and O–H groups in total. The third kappa shape index (κ3) is 3.87. The molecule has 0 unspecified atom stereocenters. The molecule has 7 heteroatoms. The van der Waals surface area contributed by atoms with Gasteiger partial charge in [0, 0.05) is 11.8 Å². The van der Waals surface area contributed by atoms with Crippen LogP contribution in [0.1, 0.15) is 16.1 Å². The Morgan fingerprint density at radius 3 is 2.67 bits per heavy atom. The maximum Gasteiger partial charge on any atom is 0.251 e. The highest BCUT2D eigenvalue weighted by Crippen LogP contribution is 2.11. The van der Waals surface area contributed by atoms with Gasteiger partial charge in [0.15, 0.2) is 0 Å². The molecule has 21 heavy (non-hydrogen) atoms. The zero-order valence-corrected chi connectivity index (χ0v) is 12.2. The molecule has 0 radical (unpaired) electrons. The van der Waals surface area contributed by atoms with Crippen molar-refractivity contribution >= 4 is 15.9 Å². The molecule has 0 saturated heterocycles. The van der Waals surface area contributed by atoms with E-state index in [2.05, 4.69) is 15.0 Å². The highest BCUT2D eigenvalue weighted by atomic mass is 32.2. The number of nitrogens with one attached hydrogen (secondary N) is 2. The molecule has 1 aromatic carbocycles. The number of benzene rings is 1. The molecule has 2 rings (SSSR count). The summed E-state index contributed by atoms with van der Waals surface area (Å²) in [6.07, 6.45) is 1.64. The monoisotopic (exact) mass is 305 g/mol. The van der Waals surface area contributed by atoms with Gasteiger partial charge >= 0.3 is 0 Å². The number of sulfonamides is 1. The summed E-state index contributed by atoms with van der Waals surface area (Å²) in [5.74, 6) is -0.353. The quantitative estimate of drug-likeness (QED) is 0.860. The van der Waals surface area contributed by atoms with Crippen LogP contribution in [-0.4, -0.2) is 26.4 Å². The largest absolute Gasteiger partial charge is 0.346 e. The maximum atomic E-state index is 12.0. The van der Waals surface area contributed by atoms with Crippen LogP contribution in [-0.2, 0) is 16.6 Å². The van der Waals surface area contributed by atoms with Gasteiger partial charge in [0.25, 0.3) is 5.91 Å². The van der Waals surface area contributed by atoms with Crippen molar-refractivity contribution in [1.29, 1.82) is 0 Å². The fourth-order valence-corrected chi connectivity index (χ4v) is 2.47. The molecule has 0 aliphatic heterocycles. The van der Waals surface area contributed by atoms with Crippen LogP contribution < -0.4 is 10.0 Å². The topological polar surface area (TPSA) is 88.2 Å². The standard InChI is InChI=1S/C14H15N3O3S/c1-15-21(19,20)13-7-4-5-11(9-13)14(18)17-10-12-6-2-3-8-16-12/h2-9,15H,10H2,1H3,(H,17,18). The molecule has 0 atom stereocenters. The summed E-state index contributed by atoms with van der Waals surface area (Å²) in [6, 6.07) is 11.3. The molecule has 0 fully saturated rings. The zero-order valence-electron chi connectivity index (χ0n) is 11.4. The van der Waals surface area contributed by atoms with E-state index in [-0.39, 0.29) is 22.9 Å². The predicted octanol–water partition coefficient (Wildman–Crippen LogP) is 0.920. The fraction of sp³-hybridized carbons (Fsp3) is 0.143. The highest BCUT2D eigenvalue weighted by Gasteiger charge is 2.14. The minimum absolute atomic E-state index is 0.0514. The predicted molar refractivity (Wildman–Crippen MR) is 78.1 cm³/mol. The molecule has 0 aliphatic rings. The van der Waals surface area contributed by atoms with Crippen LogP contribution in [0.15, 0.2) is 53.6 Å². The summed E-state index contributed by atoms with van der Waals surface area (Å²) in [6.45, 7) is 0.280. The Bertz CT molecular complexity index is 730. The van der Waals surface area contributed by atoms with Crippen molar-refractivity contribution in [3.63, 3.8) is 0 Å². The molecular weight excluding hydrogens is 290 g/mol. The van der Waals surface area contributed by atoms with Gasteiger partial charge in [0.1, 0.15) is 0 Å². The highest BCUT2D eigenvalue weighted by molar-refractivity contribution is 7.89. The Balaban J connectivity index is 2.11. The van der Waals surface area contributed by atoms with E-state index in [9.17, 15) is 13.2 Å². The Morgan fingerprint density at radius 2 is 2.00 bits per heavy atom. The smallest absolute Gasteiger partial charge is 0.251 e. The molecule has 0 saturated carbocycles. The first-order valence-electron chi connectivity index (χ1n) is 6.24. The normalized spacial score (nSPS) is 11.1. The van der Waals surface area contributed by atoms with Crippen LogP contribution in [0.5, 0.6) is 0 Å². The third-order valence-electron chi connectivity index (χ3n) is 2.83. The second-order valence-electron chi connectivity index (χ2n) is 4.24. The van der Waals surface area contributed by atoms with Crippen LogP contribution in [0.3, 0.4) is 0 Å². The van der Waals surface area contributed by atoms with Crippen molar-refractivity contribution in [2.75, 3.05) is 7.05 Å². The lowest BCUT2D eigenvalue weighted by molar-refractivity contribution is 0.0950. The van der Waals surface area contributed by atoms with Gasteiger partial charge in [-0.25, -0.2) is 13.1 Å². The van der Waals surface area contributed by atoms with Crippen LogP contribution in [0, 0.1) is 0 Å². The summed E-state index contributed by atoms with van der Waals surface area (Å²) in [5, 5.41) is 2.70. The number of carbonyl (C=O) groups excluding carboxylic acids is 1. The van der Waals surface area contributed by atoms with E-state index in [0.29, 0.717) is 0 Å². The Labute approximate surface area is 123 Å². The van der Waals surface area contributed by atoms with Crippen LogP contribution in [0.2, 0.25) is 0 Å². The molecule has 1 heterocycles. The SMILES string of the molecule is CNS(=O)(=O)c1cccc(C(=O)NCc2ccccn2)c1. The first-order chi connectivity index (χ1) is 10.0. The number of rotatable bonds is 5. The number of hydrogen-bond donors (Lipinski definition) is 2. The van der Waals surface area contributed by atoms with Crippen molar-refractivity contribution in [1.82, 2.24) is 15.0 Å². The first-order valence-corrected chi connectivity index (χ1v) is 7.73. The summed E-state index contributed by atoms with van der Waals surface area (Å²) < 4.78 is 25.6. The van der Waals surface area contributed by atoms with Gasteiger partial charge in [-0.1, -0.05) is 12.1 Å². The van der Waals surface area contributed by atoms with Gasteiger partial charge in [0.2, 0.25) is 10.0 Å². The van der Waals surface area contributed by atoms with Gasteiger partial charge in [0.05, 0.1) is 17.1 Å². The molecule has 0 aliphatic carbocycles. The molecule has 2 aromatic rings. The van der Waals surface area contributed by atoms with Crippen LogP contribution >= 0.6 is 0 Å². The van der Waals surface area contributed by atoms with Gasteiger partial charge in [-0.05, 0) is 37.4 Å². The number of pyridine rings is 1. The molecule has 0 spiro atoms.